The zero-order valence-electron chi connectivity index (χ0n) is 19.7. The highest BCUT2D eigenvalue weighted by molar-refractivity contribution is 6.35. The molecule has 1 saturated heterocycles. The molecule has 2 N–H and O–H groups in total. The number of nitrogens with one attached hydrogen (secondary N) is 2. The lowest BCUT2D eigenvalue weighted by atomic mass is 10.00. The Bertz CT molecular complexity index is 956. The van der Waals surface area contributed by atoms with Crippen LogP contribution in [0.2, 0.25) is 0 Å². The summed E-state index contributed by atoms with van der Waals surface area (Å²) in [5, 5.41) is 5.64. The van der Waals surface area contributed by atoms with Gasteiger partial charge in [0.15, 0.2) is 0 Å². The molecule has 0 aliphatic carbocycles. The second-order valence-corrected chi connectivity index (χ2v) is 9.12. The Morgan fingerprint density at radius 1 is 0.909 bits per heavy atom. The summed E-state index contributed by atoms with van der Waals surface area (Å²) in [6.45, 7) is 5.78. The van der Waals surface area contributed by atoms with Crippen LogP contribution in [-0.2, 0) is 22.4 Å². The first-order valence-electron chi connectivity index (χ1n) is 11.9. The highest BCUT2D eigenvalue weighted by atomic mass is 16.2. The molecule has 2 aromatic carbocycles. The molecule has 2 amide bonds. The summed E-state index contributed by atoms with van der Waals surface area (Å²) in [6, 6.07) is 16.6. The van der Waals surface area contributed by atoms with Crippen LogP contribution in [0.25, 0.3) is 0 Å². The number of rotatable bonds is 7. The van der Waals surface area contributed by atoms with Crippen molar-refractivity contribution in [2.24, 2.45) is 0 Å². The van der Waals surface area contributed by atoms with Crippen LogP contribution in [0.4, 0.5) is 5.69 Å². The molecule has 2 aromatic rings. The van der Waals surface area contributed by atoms with E-state index >= 15 is 0 Å². The molecule has 0 aromatic heterocycles. The third kappa shape index (κ3) is 5.92. The first-order valence-corrected chi connectivity index (χ1v) is 11.9. The van der Waals surface area contributed by atoms with Crippen LogP contribution in [0, 0.1) is 0 Å². The van der Waals surface area contributed by atoms with Gasteiger partial charge in [0.1, 0.15) is 0 Å². The van der Waals surface area contributed by atoms with Crippen LogP contribution in [-0.4, -0.2) is 81.5 Å². The smallest absolute Gasteiger partial charge is 0.309 e. The van der Waals surface area contributed by atoms with E-state index in [-0.39, 0.29) is 6.04 Å². The first-order chi connectivity index (χ1) is 16.0. The van der Waals surface area contributed by atoms with Crippen molar-refractivity contribution in [3.05, 3.63) is 65.2 Å². The lowest BCUT2D eigenvalue weighted by molar-refractivity contribution is -0.139. The summed E-state index contributed by atoms with van der Waals surface area (Å²) < 4.78 is 0. The third-order valence-electron chi connectivity index (χ3n) is 6.80. The Hall–Kier alpha value is -2.90. The van der Waals surface area contributed by atoms with E-state index in [1.54, 1.807) is 0 Å². The topological polar surface area (TPSA) is 67.9 Å². The van der Waals surface area contributed by atoms with Gasteiger partial charge >= 0.3 is 11.8 Å². The first kappa shape index (κ1) is 23.3. The minimum absolute atomic E-state index is 0.0518. The molecule has 0 bridgehead atoms. The molecular weight excluding hydrogens is 414 g/mol. The van der Waals surface area contributed by atoms with Gasteiger partial charge in [0, 0.05) is 58.5 Å². The van der Waals surface area contributed by atoms with Crippen LogP contribution in [0.1, 0.15) is 22.7 Å². The minimum Gasteiger partial charge on any atom is -0.374 e. The number of hydrogen-bond donors (Lipinski definition) is 2. The Balaban J connectivity index is 1.37. The van der Waals surface area contributed by atoms with E-state index in [9.17, 15) is 9.59 Å². The van der Waals surface area contributed by atoms with E-state index in [4.69, 9.17) is 0 Å². The maximum Gasteiger partial charge on any atom is 0.309 e. The Morgan fingerprint density at radius 3 is 2.39 bits per heavy atom. The van der Waals surface area contributed by atoms with Crippen molar-refractivity contribution in [1.29, 1.82) is 0 Å². The van der Waals surface area contributed by atoms with E-state index in [0.717, 1.165) is 44.7 Å². The molecule has 2 aliphatic heterocycles. The summed E-state index contributed by atoms with van der Waals surface area (Å²) >= 11 is 0. The molecular formula is C26H35N5O2. The van der Waals surface area contributed by atoms with Crippen LogP contribution in [0.15, 0.2) is 48.5 Å². The molecule has 4 rings (SSSR count). The molecule has 2 heterocycles. The van der Waals surface area contributed by atoms with Gasteiger partial charge in [0.05, 0.1) is 6.04 Å². The van der Waals surface area contributed by atoms with E-state index in [2.05, 4.69) is 57.6 Å². The molecule has 2 aliphatic rings. The fourth-order valence-electron chi connectivity index (χ4n) is 4.70. The van der Waals surface area contributed by atoms with Crippen molar-refractivity contribution >= 4 is 17.5 Å². The Kier molecular flexibility index (Phi) is 7.62. The monoisotopic (exact) mass is 449 g/mol. The Labute approximate surface area is 196 Å². The van der Waals surface area contributed by atoms with Gasteiger partial charge in [-0.15, -0.1) is 0 Å². The standard InChI is InChI=1S/C26H35N5O2/c1-29-14-16-31(17-15-29)24(21-8-9-23-22(18-21)11-13-30(23)2)19-28-26(33)25(32)27-12-10-20-6-4-3-5-7-20/h3-9,18,24H,10-17,19H2,1-2H3,(H,27,32)(H,28,33)/t24-/m1/s1. The van der Waals surface area contributed by atoms with E-state index < -0.39 is 11.8 Å². The molecule has 0 radical (unpaired) electrons. The number of benzene rings is 2. The van der Waals surface area contributed by atoms with Crippen LogP contribution < -0.4 is 15.5 Å². The number of fused-ring (bicyclic) bond motifs is 1. The lowest BCUT2D eigenvalue weighted by Gasteiger charge is -2.38. The summed E-state index contributed by atoms with van der Waals surface area (Å²) in [5.74, 6) is -1.14. The van der Waals surface area contributed by atoms with Crippen molar-refractivity contribution in [2.75, 3.05) is 64.8 Å². The highest BCUT2D eigenvalue weighted by Gasteiger charge is 2.27. The van der Waals surface area contributed by atoms with Gasteiger partial charge in [-0.3, -0.25) is 14.5 Å². The van der Waals surface area contributed by atoms with Crippen molar-refractivity contribution < 1.29 is 9.59 Å². The molecule has 1 fully saturated rings. The number of nitrogens with zero attached hydrogens (tertiary/aromatic N) is 3. The zero-order chi connectivity index (χ0) is 23.2. The number of amides is 2. The van der Waals surface area contributed by atoms with E-state index in [1.165, 1.54) is 16.8 Å². The van der Waals surface area contributed by atoms with E-state index in [0.29, 0.717) is 19.5 Å². The maximum absolute atomic E-state index is 12.5. The fraction of sp³-hybridized carbons (Fsp3) is 0.462. The number of likely N-dealkylation sites (N-methyl/N-ethyl adjacent to an activating group) is 2. The SMILES string of the molecule is CN1CCN([C@H](CNC(=O)C(=O)NCCc2ccccc2)c2ccc3c(c2)CCN3C)CC1. The van der Waals surface area contributed by atoms with Gasteiger partial charge < -0.3 is 20.4 Å². The second-order valence-electron chi connectivity index (χ2n) is 9.12. The minimum atomic E-state index is -0.571. The molecule has 176 valence electrons. The summed E-state index contributed by atoms with van der Waals surface area (Å²) in [6.07, 6.45) is 1.75. The molecule has 0 spiro atoms. The average Bonchev–Trinajstić information content (AvgIpc) is 3.21. The molecule has 7 heteroatoms. The molecule has 33 heavy (non-hydrogen) atoms. The summed E-state index contributed by atoms with van der Waals surface area (Å²) in [7, 11) is 4.26. The van der Waals surface area contributed by atoms with Gasteiger partial charge in [-0.05, 0) is 42.6 Å². The third-order valence-corrected chi connectivity index (χ3v) is 6.80. The maximum atomic E-state index is 12.5. The van der Waals surface area contributed by atoms with Crippen molar-refractivity contribution in [1.82, 2.24) is 20.4 Å². The number of hydrogen-bond acceptors (Lipinski definition) is 5. The van der Waals surface area contributed by atoms with Gasteiger partial charge in [-0.1, -0.05) is 42.5 Å². The predicted octanol–water partition coefficient (Wildman–Crippen LogP) is 1.44. The number of anilines is 1. The number of carbonyl (C=O) groups is 2. The molecule has 0 unspecified atom stereocenters. The van der Waals surface area contributed by atoms with Crippen LogP contribution in [0.5, 0.6) is 0 Å². The predicted molar refractivity (Wildman–Crippen MR) is 131 cm³/mol. The fourth-order valence-corrected chi connectivity index (χ4v) is 4.70. The summed E-state index contributed by atoms with van der Waals surface area (Å²) in [4.78, 5) is 31.9. The normalized spacial score (nSPS) is 17.5. The van der Waals surface area contributed by atoms with Crippen LogP contribution >= 0.6 is 0 Å². The van der Waals surface area contributed by atoms with Gasteiger partial charge in [-0.2, -0.15) is 0 Å². The largest absolute Gasteiger partial charge is 0.374 e. The molecule has 0 saturated carbocycles. The highest BCUT2D eigenvalue weighted by Crippen LogP contribution is 2.31. The van der Waals surface area contributed by atoms with Gasteiger partial charge in [0.2, 0.25) is 0 Å². The van der Waals surface area contributed by atoms with Crippen LogP contribution in [0.3, 0.4) is 0 Å². The Morgan fingerprint density at radius 2 is 1.64 bits per heavy atom. The second kappa shape index (κ2) is 10.8. The lowest BCUT2D eigenvalue weighted by Crippen LogP contribution is -2.49. The van der Waals surface area contributed by atoms with Crippen molar-refractivity contribution in [3.8, 4) is 0 Å². The molecule has 7 nitrogen and oxygen atoms in total. The number of piperazine rings is 1. The van der Waals surface area contributed by atoms with Gasteiger partial charge in [-0.25, -0.2) is 0 Å². The van der Waals surface area contributed by atoms with E-state index in [1.807, 2.05) is 30.3 Å². The quantitative estimate of drug-likeness (QED) is 0.627. The molecule has 1 atom stereocenters. The number of carbonyl (C=O) groups excluding carboxylic acids is 2. The zero-order valence-corrected chi connectivity index (χ0v) is 19.7. The average molecular weight is 450 g/mol. The van der Waals surface area contributed by atoms with Gasteiger partial charge in [0.25, 0.3) is 0 Å². The summed E-state index contributed by atoms with van der Waals surface area (Å²) in [5.41, 5.74) is 4.99. The van der Waals surface area contributed by atoms with Crippen molar-refractivity contribution in [2.45, 2.75) is 18.9 Å². The van der Waals surface area contributed by atoms with Crippen molar-refractivity contribution in [3.63, 3.8) is 0 Å².